The lowest BCUT2D eigenvalue weighted by Crippen LogP contribution is -2.11. The van der Waals surface area contributed by atoms with Crippen molar-refractivity contribution in [1.29, 1.82) is 0 Å². The van der Waals surface area contributed by atoms with Gasteiger partial charge < -0.3 is 10.3 Å². The number of hydrogen-bond acceptors (Lipinski definition) is 2. The number of aromatic nitrogens is 2. The van der Waals surface area contributed by atoms with Crippen molar-refractivity contribution in [2.45, 2.75) is 0 Å². The van der Waals surface area contributed by atoms with Gasteiger partial charge in [-0.05, 0) is 18.2 Å². The molecule has 2 N–H and O–H groups in total. The van der Waals surface area contributed by atoms with Crippen LogP contribution in [0.25, 0.3) is 10.9 Å². The lowest BCUT2D eigenvalue weighted by molar-refractivity contribution is 0.102. The van der Waals surface area contributed by atoms with Gasteiger partial charge in [0.05, 0.1) is 11.3 Å². The molecule has 0 aliphatic rings. The second kappa shape index (κ2) is 4.74. The molecule has 3 rings (SSSR count). The minimum Gasteiger partial charge on any atom is -0.360 e. The van der Waals surface area contributed by atoms with E-state index in [9.17, 15) is 4.79 Å². The molecule has 1 aromatic carbocycles. The van der Waals surface area contributed by atoms with E-state index < -0.39 is 0 Å². The molecule has 3 aromatic rings. The Morgan fingerprint density at radius 2 is 2.05 bits per heavy atom. The van der Waals surface area contributed by atoms with Gasteiger partial charge in [0.25, 0.3) is 5.91 Å². The molecule has 4 nitrogen and oxygen atoms in total. The summed E-state index contributed by atoms with van der Waals surface area (Å²) in [5.74, 6) is -0.215. The molecule has 2 aromatic heterocycles. The Bertz CT molecular complexity index is 751. The predicted molar refractivity (Wildman–Crippen MR) is 75.5 cm³/mol. The maximum Gasteiger partial charge on any atom is 0.257 e. The maximum absolute atomic E-state index is 12.2. The van der Waals surface area contributed by atoms with Gasteiger partial charge in [0.1, 0.15) is 0 Å². The zero-order valence-electron chi connectivity index (χ0n) is 9.85. The van der Waals surface area contributed by atoms with E-state index in [1.165, 1.54) is 0 Å². The van der Waals surface area contributed by atoms with Crippen molar-refractivity contribution in [2.24, 2.45) is 0 Å². The first kappa shape index (κ1) is 11.7. The molecular weight excluding hydrogens is 262 g/mol. The number of halogens is 1. The van der Waals surface area contributed by atoms with Crippen LogP contribution in [0.1, 0.15) is 10.4 Å². The third-order valence-electron chi connectivity index (χ3n) is 2.84. The summed E-state index contributed by atoms with van der Waals surface area (Å²) in [6.07, 6.45) is 3.26. The van der Waals surface area contributed by atoms with Crippen LogP contribution in [-0.2, 0) is 0 Å². The molecule has 0 saturated carbocycles. The van der Waals surface area contributed by atoms with Crippen LogP contribution in [0, 0.1) is 0 Å². The van der Waals surface area contributed by atoms with Gasteiger partial charge in [-0.15, -0.1) is 0 Å². The van der Waals surface area contributed by atoms with Crippen LogP contribution in [0.2, 0.25) is 5.15 Å². The van der Waals surface area contributed by atoms with Crippen molar-refractivity contribution in [3.05, 3.63) is 59.5 Å². The van der Waals surface area contributed by atoms with Gasteiger partial charge in [-0.1, -0.05) is 29.8 Å². The second-order valence-electron chi connectivity index (χ2n) is 4.04. The standard InChI is InChI=1S/C14H10ClN3O/c15-13-12(6-3-7-16-13)18-14(19)10-8-17-11-5-2-1-4-9(10)11/h1-8,17H,(H,18,19). The van der Waals surface area contributed by atoms with E-state index in [0.29, 0.717) is 11.3 Å². The van der Waals surface area contributed by atoms with Crippen LogP contribution in [0.4, 0.5) is 5.69 Å². The van der Waals surface area contributed by atoms with E-state index in [-0.39, 0.29) is 11.1 Å². The molecular formula is C14H10ClN3O. The van der Waals surface area contributed by atoms with Crippen molar-refractivity contribution in [1.82, 2.24) is 9.97 Å². The summed E-state index contributed by atoms with van der Waals surface area (Å²) in [4.78, 5) is 19.2. The van der Waals surface area contributed by atoms with Gasteiger partial charge in [-0.3, -0.25) is 4.79 Å². The van der Waals surface area contributed by atoms with E-state index in [2.05, 4.69) is 15.3 Å². The minimum absolute atomic E-state index is 0.215. The van der Waals surface area contributed by atoms with Gasteiger partial charge in [-0.25, -0.2) is 4.98 Å². The molecule has 0 unspecified atom stereocenters. The Balaban J connectivity index is 1.95. The molecule has 0 aliphatic carbocycles. The van der Waals surface area contributed by atoms with Crippen molar-refractivity contribution in [3.8, 4) is 0 Å². The van der Waals surface area contributed by atoms with Crippen LogP contribution < -0.4 is 5.32 Å². The van der Waals surface area contributed by atoms with E-state index in [1.54, 1.807) is 24.5 Å². The first-order valence-corrected chi connectivity index (χ1v) is 6.11. The average Bonchev–Trinajstić information content (AvgIpc) is 2.85. The molecule has 0 fully saturated rings. The topological polar surface area (TPSA) is 57.8 Å². The number of amides is 1. The Morgan fingerprint density at radius 3 is 2.89 bits per heavy atom. The third-order valence-corrected chi connectivity index (χ3v) is 3.14. The zero-order chi connectivity index (χ0) is 13.2. The SMILES string of the molecule is O=C(Nc1cccnc1Cl)c1c[nH]c2ccccc12. The second-order valence-corrected chi connectivity index (χ2v) is 4.40. The number of anilines is 1. The third kappa shape index (κ3) is 2.18. The van der Waals surface area contributed by atoms with Gasteiger partial charge in [-0.2, -0.15) is 0 Å². The highest BCUT2D eigenvalue weighted by molar-refractivity contribution is 6.32. The number of nitrogens with zero attached hydrogens (tertiary/aromatic N) is 1. The highest BCUT2D eigenvalue weighted by Gasteiger charge is 2.13. The van der Waals surface area contributed by atoms with Crippen LogP contribution in [0.15, 0.2) is 48.8 Å². The van der Waals surface area contributed by atoms with Crippen molar-refractivity contribution >= 4 is 34.1 Å². The Kier molecular flexibility index (Phi) is 2.93. The molecule has 0 bridgehead atoms. The number of pyridine rings is 1. The number of rotatable bonds is 2. The summed E-state index contributed by atoms with van der Waals surface area (Å²) in [6, 6.07) is 11.1. The molecule has 94 valence electrons. The minimum atomic E-state index is -0.215. The molecule has 5 heteroatoms. The largest absolute Gasteiger partial charge is 0.360 e. The smallest absolute Gasteiger partial charge is 0.257 e. The molecule has 2 heterocycles. The summed E-state index contributed by atoms with van der Waals surface area (Å²) in [6.45, 7) is 0. The normalized spacial score (nSPS) is 10.6. The maximum atomic E-state index is 12.2. The predicted octanol–water partition coefficient (Wildman–Crippen LogP) is 3.47. The van der Waals surface area contributed by atoms with Crippen molar-refractivity contribution < 1.29 is 4.79 Å². The van der Waals surface area contributed by atoms with Gasteiger partial charge >= 0.3 is 0 Å². The molecule has 0 saturated heterocycles. The number of benzene rings is 1. The molecule has 19 heavy (non-hydrogen) atoms. The summed E-state index contributed by atoms with van der Waals surface area (Å²) >= 11 is 5.91. The summed E-state index contributed by atoms with van der Waals surface area (Å²) < 4.78 is 0. The molecule has 1 amide bonds. The molecule has 0 radical (unpaired) electrons. The highest BCUT2D eigenvalue weighted by Crippen LogP contribution is 2.21. The zero-order valence-corrected chi connectivity index (χ0v) is 10.6. The van der Waals surface area contributed by atoms with Crippen LogP contribution in [-0.4, -0.2) is 15.9 Å². The number of para-hydroxylation sites is 1. The first-order valence-electron chi connectivity index (χ1n) is 5.73. The van der Waals surface area contributed by atoms with E-state index in [1.807, 2.05) is 24.3 Å². The first-order chi connectivity index (χ1) is 9.25. The number of carbonyl (C=O) groups is 1. The number of H-pyrrole nitrogens is 1. The number of hydrogen-bond donors (Lipinski definition) is 2. The Hall–Kier alpha value is -2.33. The van der Waals surface area contributed by atoms with E-state index in [0.717, 1.165) is 10.9 Å². The lowest BCUT2D eigenvalue weighted by atomic mass is 10.1. The van der Waals surface area contributed by atoms with Gasteiger partial charge in [0, 0.05) is 23.3 Å². The number of carbonyl (C=O) groups excluding carboxylic acids is 1. The molecule has 0 aliphatic heterocycles. The highest BCUT2D eigenvalue weighted by atomic mass is 35.5. The van der Waals surface area contributed by atoms with Crippen LogP contribution >= 0.6 is 11.6 Å². The van der Waals surface area contributed by atoms with Crippen LogP contribution in [0.5, 0.6) is 0 Å². The van der Waals surface area contributed by atoms with E-state index >= 15 is 0 Å². The Labute approximate surface area is 114 Å². The summed E-state index contributed by atoms with van der Waals surface area (Å²) in [5, 5.41) is 3.90. The summed E-state index contributed by atoms with van der Waals surface area (Å²) in [5.41, 5.74) is 2.00. The van der Waals surface area contributed by atoms with Gasteiger partial charge in [0.15, 0.2) is 5.15 Å². The lowest BCUT2D eigenvalue weighted by Gasteiger charge is -2.05. The fourth-order valence-corrected chi connectivity index (χ4v) is 2.09. The monoisotopic (exact) mass is 271 g/mol. The van der Waals surface area contributed by atoms with Crippen molar-refractivity contribution in [3.63, 3.8) is 0 Å². The number of fused-ring (bicyclic) bond motifs is 1. The molecule has 0 atom stereocenters. The van der Waals surface area contributed by atoms with E-state index in [4.69, 9.17) is 11.6 Å². The quantitative estimate of drug-likeness (QED) is 0.701. The van der Waals surface area contributed by atoms with Gasteiger partial charge in [0.2, 0.25) is 0 Å². The molecule has 0 spiro atoms. The van der Waals surface area contributed by atoms with Crippen LogP contribution in [0.3, 0.4) is 0 Å². The number of aromatic amines is 1. The average molecular weight is 272 g/mol. The Morgan fingerprint density at radius 1 is 1.21 bits per heavy atom. The fraction of sp³-hybridized carbons (Fsp3) is 0. The number of nitrogens with one attached hydrogen (secondary N) is 2. The van der Waals surface area contributed by atoms with Crippen molar-refractivity contribution in [2.75, 3.05) is 5.32 Å². The summed E-state index contributed by atoms with van der Waals surface area (Å²) in [7, 11) is 0. The fourth-order valence-electron chi connectivity index (χ4n) is 1.93.